The van der Waals surface area contributed by atoms with Crippen LogP contribution >= 0.6 is 0 Å². The van der Waals surface area contributed by atoms with E-state index in [0.29, 0.717) is 6.04 Å². The number of likely N-dealkylation sites (N-methyl/N-ethyl adjacent to an activating group) is 1. The van der Waals surface area contributed by atoms with Crippen LogP contribution in [0.2, 0.25) is 0 Å². The molecule has 2 unspecified atom stereocenters. The average Bonchev–Trinajstić information content (AvgIpc) is 2.61. The van der Waals surface area contributed by atoms with Crippen molar-refractivity contribution in [3.8, 4) is 0 Å². The Hall–Kier alpha value is -0.160. The molecular formula is C21H46N4. The lowest BCUT2D eigenvalue weighted by atomic mass is 10.0. The van der Waals surface area contributed by atoms with Crippen LogP contribution in [0.4, 0.5) is 0 Å². The second-order valence-electron chi connectivity index (χ2n) is 8.81. The Morgan fingerprint density at radius 3 is 2.00 bits per heavy atom. The molecule has 0 N–H and O–H groups in total. The van der Waals surface area contributed by atoms with E-state index >= 15 is 0 Å². The molecule has 4 nitrogen and oxygen atoms in total. The van der Waals surface area contributed by atoms with Crippen molar-refractivity contribution in [3.63, 3.8) is 0 Å². The molecule has 0 bridgehead atoms. The molecule has 2 fully saturated rings. The van der Waals surface area contributed by atoms with Gasteiger partial charge >= 0.3 is 0 Å². The molecule has 0 aliphatic carbocycles. The maximum Gasteiger partial charge on any atom is 0.0217 e. The SMILES string of the molecule is CC(C)N(C)C1CCN(C)CC1.CCC(C)N1CCCC(N(C)C)C1. The molecule has 0 radical (unpaired) electrons. The number of piperidine rings is 2. The summed E-state index contributed by atoms with van der Waals surface area (Å²) in [5, 5.41) is 0. The summed E-state index contributed by atoms with van der Waals surface area (Å²) in [7, 11) is 8.86. The first-order valence-corrected chi connectivity index (χ1v) is 10.6. The van der Waals surface area contributed by atoms with Gasteiger partial charge in [0.25, 0.3) is 0 Å². The van der Waals surface area contributed by atoms with E-state index in [1.807, 2.05) is 0 Å². The molecule has 4 heteroatoms. The summed E-state index contributed by atoms with van der Waals surface area (Å²) in [6.45, 7) is 14.3. The quantitative estimate of drug-likeness (QED) is 0.751. The van der Waals surface area contributed by atoms with Crippen molar-refractivity contribution in [2.45, 2.75) is 84.0 Å². The van der Waals surface area contributed by atoms with Crippen molar-refractivity contribution in [2.24, 2.45) is 0 Å². The Kier molecular flexibility index (Phi) is 10.6. The monoisotopic (exact) mass is 354 g/mol. The highest BCUT2D eigenvalue weighted by Gasteiger charge is 2.23. The molecule has 0 saturated carbocycles. The maximum atomic E-state index is 2.63. The van der Waals surface area contributed by atoms with Gasteiger partial charge in [-0.1, -0.05) is 6.92 Å². The summed E-state index contributed by atoms with van der Waals surface area (Å²) in [4.78, 5) is 9.93. The smallest absolute Gasteiger partial charge is 0.0217 e. The number of hydrogen-bond donors (Lipinski definition) is 0. The fourth-order valence-electron chi connectivity index (χ4n) is 3.89. The van der Waals surface area contributed by atoms with Gasteiger partial charge in [0.05, 0.1) is 0 Å². The summed E-state index contributed by atoms with van der Waals surface area (Å²) >= 11 is 0. The molecule has 2 heterocycles. The Morgan fingerprint density at radius 1 is 0.920 bits per heavy atom. The third kappa shape index (κ3) is 7.94. The topological polar surface area (TPSA) is 13.0 Å². The number of rotatable bonds is 5. The highest BCUT2D eigenvalue weighted by Crippen LogP contribution is 2.17. The van der Waals surface area contributed by atoms with Crippen molar-refractivity contribution in [1.82, 2.24) is 19.6 Å². The van der Waals surface area contributed by atoms with E-state index in [-0.39, 0.29) is 0 Å². The van der Waals surface area contributed by atoms with Crippen molar-refractivity contribution in [2.75, 3.05) is 54.4 Å². The zero-order valence-corrected chi connectivity index (χ0v) is 18.5. The first-order chi connectivity index (χ1) is 11.8. The van der Waals surface area contributed by atoms with Crippen LogP contribution in [0.1, 0.15) is 59.8 Å². The second-order valence-corrected chi connectivity index (χ2v) is 8.81. The first-order valence-electron chi connectivity index (χ1n) is 10.6. The van der Waals surface area contributed by atoms with E-state index in [1.54, 1.807) is 0 Å². The molecule has 2 aliphatic heterocycles. The van der Waals surface area contributed by atoms with Gasteiger partial charge in [-0.2, -0.15) is 0 Å². The van der Waals surface area contributed by atoms with Crippen LogP contribution in [-0.4, -0.2) is 98.1 Å². The largest absolute Gasteiger partial charge is 0.306 e. The molecule has 2 rings (SSSR count). The van der Waals surface area contributed by atoms with Crippen LogP contribution in [0.5, 0.6) is 0 Å². The maximum absolute atomic E-state index is 2.63. The molecule has 0 aromatic heterocycles. The van der Waals surface area contributed by atoms with Crippen molar-refractivity contribution < 1.29 is 0 Å². The summed E-state index contributed by atoms with van der Waals surface area (Å²) in [5.41, 5.74) is 0. The fourth-order valence-corrected chi connectivity index (χ4v) is 3.89. The van der Waals surface area contributed by atoms with Gasteiger partial charge in [-0.15, -0.1) is 0 Å². The Bertz CT molecular complexity index is 337. The predicted octanol–water partition coefficient (Wildman–Crippen LogP) is 3.23. The van der Waals surface area contributed by atoms with E-state index in [4.69, 9.17) is 0 Å². The van der Waals surface area contributed by atoms with Gasteiger partial charge < -0.3 is 14.7 Å². The zero-order chi connectivity index (χ0) is 19.0. The molecule has 0 amide bonds. The standard InChI is InChI=1S/C11H24N2.C10H22N2/c1-5-10(2)13-8-6-7-11(9-13)12(3)4;1-9(2)12(4)10-5-7-11(3)8-6-10/h10-11H,5-9H2,1-4H3;9-10H,5-8H2,1-4H3. The lowest BCUT2D eigenvalue weighted by Gasteiger charge is -2.39. The summed E-state index contributed by atoms with van der Waals surface area (Å²) < 4.78 is 0. The third-order valence-electron chi connectivity index (χ3n) is 6.45. The Morgan fingerprint density at radius 2 is 1.52 bits per heavy atom. The van der Waals surface area contributed by atoms with Gasteiger partial charge in [-0.3, -0.25) is 4.90 Å². The van der Waals surface area contributed by atoms with Crippen LogP contribution in [0.15, 0.2) is 0 Å². The van der Waals surface area contributed by atoms with Gasteiger partial charge in [0, 0.05) is 30.7 Å². The molecule has 0 spiro atoms. The van der Waals surface area contributed by atoms with Crippen LogP contribution in [0.25, 0.3) is 0 Å². The minimum absolute atomic E-state index is 0.693. The molecule has 0 aromatic carbocycles. The highest BCUT2D eigenvalue weighted by atomic mass is 15.2. The number of hydrogen-bond acceptors (Lipinski definition) is 4. The number of likely N-dealkylation sites (tertiary alicyclic amines) is 2. The average molecular weight is 355 g/mol. The third-order valence-corrected chi connectivity index (χ3v) is 6.45. The van der Waals surface area contributed by atoms with E-state index in [0.717, 1.165) is 18.1 Å². The van der Waals surface area contributed by atoms with Crippen LogP contribution < -0.4 is 0 Å². The minimum Gasteiger partial charge on any atom is -0.306 e. The molecule has 150 valence electrons. The van der Waals surface area contributed by atoms with E-state index in [2.05, 4.69) is 75.5 Å². The molecule has 2 saturated heterocycles. The van der Waals surface area contributed by atoms with Gasteiger partial charge in [-0.05, 0) is 101 Å². The predicted molar refractivity (Wildman–Crippen MR) is 111 cm³/mol. The molecule has 0 aromatic rings. The van der Waals surface area contributed by atoms with E-state index in [1.165, 1.54) is 58.3 Å². The lowest BCUT2D eigenvalue weighted by molar-refractivity contribution is 0.101. The van der Waals surface area contributed by atoms with Gasteiger partial charge in [0.1, 0.15) is 0 Å². The Balaban J connectivity index is 0.000000251. The summed E-state index contributed by atoms with van der Waals surface area (Å²) in [6.07, 6.45) is 6.70. The minimum atomic E-state index is 0.693. The summed E-state index contributed by atoms with van der Waals surface area (Å²) in [6, 6.07) is 3.06. The molecular weight excluding hydrogens is 308 g/mol. The Labute approximate surface area is 158 Å². The molecule has 2 aliphatic rings. The summed E-state index contributed by atoms with van der Waals surface area (Å²) in [5.74, 6) is 0. The van der Waals surface area contributed by atoms with E-state index in [9.17, 15) is 0 Å². The van der Waals surface area contributed by atoms with Crippen LogP contribution in [0.3, 0.4) is 0 Å². The zero-order valence-electron chi connectivity index (χ0n) is 18.5. The van der Waals surface area contributed by atoms with E-state index < -0.39 is 0 Å². The molecule has 25 heavy (non-hydrogen) atoms. The highest BCUT2D eigenvalue weighted by molar-refractivity contribution is 4.80. The van der Waals surface area contributed by atoms with Crippen molar-refractivity contribution >= 4 is 0 Å². The molecule has 2 atom stereocenters. The van der Waals surface area contributed by atoms with Crippen LogP contribution in [-0.2, 0) is 0 Å². The van der Waals surface area contributed by atoms with Gasteiger partial charge in [-0.25, -0.2) is 0 Å². The van der Waals surface area contributed by atoms with Crippen molar-refractivity contribution in [1.29, 1.82) is 0 Å². The normalized spacial score (nSPS) is 25.3. The fraction of sp³-hybridized carbons (Fsp3) is 1.00. The van der Waals surface area contributed by atoms with Gasteiger partial charge in [0.2, 0.25) is 0 Å². The number of nitrogens with zero attached hydrogens (tertiary/aromatic N) is 4. The first kappa shape index (κ1) is 22.9. The van der Waals surface area contributed by atoms with Crippen molar-refractivity contribution in [3.05, 3.63) is 0 Å². The van der Waals surface area contributed by atoms with Gasteiger partial charge in [0.15, 0.2) is 0 Å². The van der Waals surface area contributed by atoms with Crippen LogP contribution in [0, 0.1) is 0 Å². The second kappa shape index (κ2) is 11.5. The lowest BCUT2D eigenvalue weighted by Crippen LogP contribution is -2.48.